The van der Waals surface area contributed by atoms with Gasteiger partial charge in [-0.05, 0) is 56.2 Å². The topological polar surface area (TPSA) is 62.1 Å². The Labute approximate surface area is 179 Å². The van der Waals surface area contributed by atoms with Gasteiger partial charge in [0.2, 0.25) is 5.88 Å². The van der Waals surface area contributed by atoms with Gasteiger partial charge in [0.25, 0.3) is 0 Å². The van der Waals surface area contributed by atoms with Crippen LogP contribution in [0.3, 0.4) is 0 Å². The number of halogens is 1. The molecule has 0 unspecified atom stereocenters. The summed E-state index contributed by atoms with van der Waals surface area (Å²) >= 11 is 0. The van der Waals surface area contributed by atoms with E-state index in [4.69, 9.17) is 14.5 Å². The lowest BCUT2D eigenvalue weighted by Crippen LogP contribution is -2.04. The third-order valence-corrected chi connectivity index (χ3v) is 5.37. The zero-order chi connectivity index (χ0) is 21.4. The normalized spacial score (nSPS) is 12.1. The summed E-state index contributed by atoms with van der Waals surface area (Å²) in [4.78, 5) is 13.8. The van der Waals surface area contributed by atoms with Gasteiger partial charge >= 0.3 is 0 Å². The van der Waals surface area contributed by atoms with E-state index in [1.165, 1.54) is 11.6 Å². The van der Waals surface area contributed by atoms with Crippen LogP contribution in [0.5, 0.6) is 11.6 Å². The number of aromatic nitrogens is 4. The standard InChI is InChI=1S/C24H23FN4O2/c1-3-30-17-9-10-18-15(12-17)13-29-14-16(26-23(18)29)8-11-21-27-22-19(6-5-7-20(22)25)24(28-21)31-4-2/h5-7,9-10,12,14H,3-4,8,11,13H2,1-2H3. The number of hydrogen-bond acceptors (Lipinski definition) is 5. The number of benzene rings is 2. The molecule has 1 aliphatic rings. The molecule has 0 amide bonds. The Morgan fingerprint density at radius 1 is 1.00 bits per heavy atom. The lowest BCUT2D eigenvalue weighted by molar-refractivity contribution is 0.329. The van der Waals surface area contributed by atoms with E-state index in [1.807, 2.05) is 19.9 Å². The Kier molecular flexibility index (Phi) is 5.02. The van der Waals surface area contributed by atoms with Gasteiger partial charge in [0, 0.05) is 24.7 Å². The van der Waals surface area contributed by atoms with Gasteiger partial charge < -0.3 is 14.0 Å². The number of fused-ring (bicyclic) bond motifs is 4. The molecule has 158 valence electrons. The highest BCUT2D eigenvalue weighted by Crippen LogP contribution is 2.34. The number of ether oxygens (including phenoxy) is 2. The smallest absolute Gasteiger partial charge is 0.224 e. The lowest BCUT2D eigenvalue weighted by Gasteiger charge is -2.09. The molecule has 0 aliphatic carbocycles. The number of nitrogens with zero attached hydrogens (tertiary/aromatic N) is 4. The Balaban J connectivity index is 1.38. The first-order valence-electron chi connectivity index (χ1n) is 10.6. The van der Waals surface area contributed by atoms with E-state index in [2.05, 4.69) is 32.9 Å². The van der Waals surface area contributed by atoms with Gasteiger partial charge in [0.05, 0.1) is 24.3 Å². The summed E-state index contributed by atoms with van der Waals surface area (Å²) in [7, 11) is 0. The van der Waals surface area contributed by atoms with Crippen LogP contribution in [0.15, 0.2) is 42.6 Å². The van der Waals surface area contributed by atoms with Crippen LogP contribution in [-0.4, -0.2) is 32.7 Å². The van der Waals surface area contributed by atoms with Crippen molar-refractivity contribution in [1.29, 1.82) is 0 Å². The highest BCUT2D eigenvalue weighted by molar-refractivity contribution is 5.83. The first-order chi connectivity index (χ1) is 15.2. The fourth-order valence-electron chi connectivity index (χ4n) is 4.02. The summed E-state index contributed by atoms with van der Waals surface area (Å²) in [6.07, 6.45) is 3.29. The van der Waals surface area contributed by atoms with Crippen LogP contribution in [0.2, 0.25) is 0 Å². The summed E-state index contributed by atoms with van der Waals surface area (Å²) in [5, 5.41) is 0.592. The molecular formula is C24H23FN4O2. The molecule has 31 heavy (non-hydrogen) atoms. The van der Waals surface area contributed by atoms with E-state index < -0.39 is 0 Å². The van der Waals surface area contributed by atoms with Crippen LogP contribution in [0.4, 0.5) is 4.39 Å². The van der Waals surface area contributed by atoms with Crippen molar-refractivity contribution >= 4 is 10.9 Å². The fraction of sp³-hybridized carbons (Fsp3) is 0.292. The predicted molar refractivity (Wildman–Crippen MR) is 116 cm³/mol. The summed E-state index contributed by atoms with van der Waals surface area (Å²) in [5.41, 5.74) is 3.61. The van der Waals surface area contributed by atoms with Crippen molar-refractivity contribution in [3.8, 4) is 23.0 Å². The summed E-state index contributed by atoms with van der Waals surface area (Å²) in [6.45, 7) is 5.76. The van der Waals surface area contributed by atoms with E-state index >= 15 is 0 Å². The van der Waals surface area contributed by atoms with Gasteiger partial charge in [-0.3, -0.25) is 0 Å². The molecule has 7 heteroatoms. The van der Waals surface area contributed by atoms with Crippen molar-refractivity contribution in [3.05, 3.63) is 65.5 Å². The van der Waals surface area contributed by atoms with Gasteiger partial charge in [-0.2, -0.15) is 4.98 Å². The van der Waals surface area contributed by atoms with Gasteiger partial charge in [0.1, 0.15) is 28.7 Å². The average molecular weight is 418 g/mol. The van der Waals surface area contributed by atoms with Gasteiger partial charge in [-0.15, -0.1) is 0 Å². The Hall–Kier alpha value is -3.48. The number of imidazole rings is 1. The molecule has 0 spiro atoms. The Bertz CT molecular complexity index is 1270. The first kappa shape index (κ1) is 19.5. The lowest BCUT2D eigenvalue weighted by atomic mass is 10.1. The van der Waals surface area contributed by atoms with Crippen LogP contribution in [0, 0.1) is 5.82 Å². The second-order valence-electron chi connectivity index (χ2n) is 7.45. The molecule has 3 heterocycles. The molecule has 6 nitrogen and oxygen atoms in total. The molecule has 4 aromatic rings. The van der Waals surface area contributed by atoms with Gasteiger partial charge in [-0.25, -0.2) is 14.4 Å². The van der Waals surface area contributed by atoms with Gasteiger partial charge in [-0.1, -0.05) is 6.07 Å². The SMILES string of the molecule is CCOc1ccc2c(c1)Cn1cc(CCc3nc(OCC)c4cccc(F)c4n3)nc1-2. The number of aryl methyl sites for hydroxylation is 2. The quantitative estimate of drug-likeness (QED) is 0.387. The highest BCUT2D eigenvalue weighted by Gasteiger charge is 2.22. The number of rotatable bonds is 7. The second-order valence-corrected chi connectivity index (χ2v) is 7.45. The van der Waals surface area contributed by atoms with Crippen LogP contribution >= 0.6 is 0 Å². The minimum atomic E-state index is -0.369. The monoisotopic (exact) mass is 418 g/mol. The average Bonchev–Trinajstić information content (AvgIpc) is 3.30. The second kappa shape index (κ2) is 7.98. The molecule has 2 aromatic heterocycles. The van der Waals surface area contributed by atoms with Crippen molar-refractivity contribution in [2.45, 2.75) is 33.2 Å². The van der Waals surface area contributed by atoms with Crippen LogP contribution in [-0.2, 0) is 19.4 Å². The van der Waals surface area contributed by atoms with Crippen LogP contribution in [0.25, 0.3) is 22.3 Å². The third-order valence-electron chi connectivity index (χ3n) is 5.37. The molecule has 0 saturated carbocycles. The third kappa shape index (κ3) is 3.60. The Morgan fingerprint density at radius 3 is 2.71 bits per heavy atom. The largest absolute Gasteiger partial charge is 0.494 e. The zero-order valence-corrected chi connectivity index (χ0v) is 17.6. The summed E-state index contributed by atoms with van der Waals surface area (Å²) < 4.78 is 27.7. The summed E-state index contributed by atoms with van der Waals surface area (Å²) in [5.74, 6) is 2.46. The maximum Gasteiger partial charge on any atom is 0.224 e. The number of hydrogen-bond donors (Lipinski definition) is 0. The fourth-order valence-corrected chi connectivity index (χ4v) is 4.02. The van der Waals surface area contributed by atoms with E-state index in [1.54, 1.807) is 12.1 Å². The first-order valence-corrected chi connectivity index (χ1v) is 10.6. The highest BCUT2D eigenvalue weighted by atomic mass is 19.1. The van der Waals surface area contributed by atoms with Crippen molar-refractivity contribution < 1.29 is 13.9 Å². The van der Waals surface area contributed by atoms with Gasteiger partial charge in [0.15, 0.2) is 0 Å². The molecule has 0 N–H and O–H groups in total. The van der Waals surface area contributed by atoms with Crippen LogP contribution < -0.4 is 9.47 Å². The minimum Gasteiger partial charge on any atom is -0.494 e. The molecule has 2 aromatic carbocycles. The zero-order valence-electron chi connectivity index (χ0n) is 17.6. The van der Waals surface area contributed by atoms with E-state index in [0.717, 1.165) is 29.4 Å². The van der Waals surface area contributed by atoms with Crippen molar-refractivity contribution in [1.82, 2.24) is 19.5 Å². The minimum absolute atomic E-state index is 0.294. The maximum absolute atomic E-state index is 14.3. The molecule has 0 bridgehead atoms. The van der Waals surface area contributed by atoms with E-state index in [9.17, 15) is 4.39 Å². The maximum atomic E-state index is 14.3. The van der Waals surface area contributed by atoms with Crippen molar-refractivity contribution in [3.63, 3.8) is 0 Å². The van der Waals surface area contributed by atoms with Crippen molar-refractivity contribution in [2.24, 2.45) is 0 Å². The van der Waals surface area contributed by atoms with E-state index in [0.29, 0.717) is 48.7 Å². The molecule has 1 aliphatic heterocycles. The van der Waals surface area contributed by atoms with Crippen LogP contribution in [0.1, 0.15) is 30.9 Å². The molecular weight excluding hydrogens is 395 g/mol. The molecule has 5 rings (SSSR count). The Morgan fingerprint density at radius 2 is 1.87 bits per heavy atom. The molecule has 0 radical (unpaired) electrons. The van der Waals surface area contributed by atoms with Crippen molar-refractivity contribution in [2.75, 3.05) is 13.2 Å². The summed E-state index contributed by atoms with van der Waals surface area (Å²) in [6, 6.07) is 11.0. The predicted octanol–water partition coefficient (Wildman–Crippen LogP) is 4.58. The molecule has 0 fully saturated rings. The van der Waals surface area contributed by atoms with E-state index in [-0.39, 0.29) is 5.82 Å². The molecule has 0 atom stereocenters. The number of para-hydroxylation sites is 1. The molecule has 0 saturated heterocycles.